The maximum absolute atomic E-state index is 10.3. The van der Waals surface area contributed by atoms with Crippen molar-refractivity contribution < 1.29 is 4.79 Å². The SMILES string of the molecule is C/C(=C\C=O)CCc1cccc2cscc12. The highest BCUT2D eigenvalue weighted by atomic mass is 32.1. The Morgan fingerprint density at radius 2 is 2.25 bits per heavy atom. The molecule has 0 aliphatic heterocycles. The highest BCUT2D eigenvalue weighted by Crippen LogP contribution is 2.24. The van der Waals surface area contributed by atoms with Crippen molar-refractivity contribution in [1.82, 2.24) is 0 Å². The van der Waals surface area contributed by atoms with Crippen molar-refractivity contribution in [2.75, 3.05) is 0 Å². The third kappa shape index (κ3) is 2.39. The molecule has 0 atom stereocenters. The lowest BCUT2D eigenvalue weighted by atomic mass is 10.0. The molecular formula is C14H14OS. The summed E-state index contributed by atoms with van der Waals surface area (Å²) in [4.78, 5) is 10.3. The second kappa shape index (κ2) is 5.08. The number of thiophene rings is 1. The predicted molar refractivity (Wildman–Crippen MR) is 70.0 cm³/mol. The minimum Gasteiger partial charge on any atom is -0.299 e. The van der Waals surface area contributed by atoms with Crippen LogP contribution in [-0.2, 0) is 11.2 Å². The Kier molecular flexibility index (Phi) is 3.52. The maximum Gasteiger partial charge on any atom is 0.142 e. The molecule has 0 aliphatic carbocycles. The van der Waals surface area contributed by atoms with E-state index in [1.165, 1.54) is 16.3 Å². The van der Waals surface area contributed by atoms with Gasteiger partial charge in [0, 0.05) is 0 Å². The van der Waals surface area contributed by atoms with Gasteiger partial charge in [0.05, 0.1) is 0 Å². The summed E-state index contributed by atoms with van der Waals surface area (Å²) >= 11 is 1.74. The van der Waals surface area contributed by atoms with Gasteiger partial charge in [0.25, 0.3) is 0 Å². The van der Waals surface area contributed by atoms with Crippen LogP contribution in [-0.4, -0.2) is 6.29 Å². The van der Waals surface area contributed by atoms with Crippen molar-refractivity contribution >= 4 is 28.4 Å². The molecule has 0 fully saturated rings. The van der Waals surface area contributed by atoms with Crippen molar-refractivity contribution in [1.29, 1.82) is 0 Å². The fraction of sp³-hybridized carbons (Fsp3) is 0.214. The number of aryl methyl sites for hydroxylation is 1. The average Bonchev–Trinajstić information content (AvgIpc) is 2.75. The van der Waals surface area contributed by atoms with Crippen LogP contribution < -0.4 is 0 Å². The van der Waals surface area contributed by atoms with Crippen molar-refractivity contribution in [2.45, 2.75) is 19.8 Å². The molecule has 2 aromatic rings. The van der Waals surface area contributed by atoms with Gasteiger partial charge in [-0.15, -0.1) is 0 Å². The third-order valence-electron chi connectivity index (χ3n) is 2.75. The lowest BCUT2D eigenvalue weighted by Gasteiger charge is -2.03. The molecule has 0 radical (unpaired) electrons. The maximum atomic E-state index is 10.3. The van der Waals surface area contributed by atoms with Gasteiger partial charge in [-0.05, 0) is 52.9 Å². The number of rotatable bonds is 4. The monoisotopic (exact) mass is 230 g/mol. The first-order valence-electron chi connectivity index (χ1n) is 5.36. The van der Waals surface area contributed by atoms with Crippen molar-refractivity contribution in [3.8, 4) is 0 Å². The molecule has 1 aromatic heterocycles. The van der Waals surface area contributed by atoms with E-state index in [9.17, 15) is 4.79 Å². The van der Waals surface area contributed by atoms with E-state index < -0.39 is 0 Å². The zero-order valence-electron chi connectivity index (χ0n) is 9.27. The van der Waals surface area contributed by atoms with Crippen molar-refractivity contribution in [3.63, 3.8) is 0 Å². The minimum absolute atomic E-state index is 0.862. The van der Waals surface area contributed by atoms with Crippen LogP contribution in [0.1, 0.15) is 18.9 Å². The molecule has 82 valence electrons. The largest absolute Gasteiger partial charge is 0.299 e. The molecule has 2 heteroatoms. The van der Waals surface area contributed by atoms with E-state index in [0.717, 1.165) is 24.7 Å². The highest BCUT2D eigenvalue weighted by Gasteiger charge is 2.01. The Morgan fingerprint density at radius 1 is 1.38 bits per heavy atom. The van der Waals surface area contributed by atoms with Gasteiger partial charge in [0.15, 0.2) is 0 Å². The van der Waals surface area contributed by atoms with Crippen LogP contribution in [0.3, 0.4) is 0 Å². The average molecular weight is 230 g/mol. The molecule has 0 unspecified atom stereocenters. The van der Waals surface area contributed by atoms with Crippen LogP contribution in [0.5, 0.6) is 0 Å². The summed E-state index contributed by atoms with van der Waals surface area (Å²) in [6, 6.07) is 6.41. The predicted octanol–water partition coefficient (Wildman–Crippen LogP) is 3.98. The lowest BCUT2D eigenvalue weighted by Crippen LogP contribution is -1.87. The Hall–Kier alpha value is -1.41. The fourth-order valence-electron chi connectivity index (χ4n) is 1.80. The molecule has 1 nitrogen and oxygen atoms in total. The van der Waals surface area contributed by atoms with Gasteiger partial charge in [-0.3, -0.25) is 4.79 Å². The normalized spacial score (nSPS) is 11.9. The number of aldehydes is 1. The smallest absolute Gasteiger partial charge is 0.142 e. The van der Waals surface area contributed by atoms with Gasteiger partial charge >= 0.3 is 0 Å². The lowest BCUT2D eigenvalue weighted by molar-refractivity contribution is -0.104. The minimum atomic E-state index is 0.862. The number of benzene rings is 1. The Bertz CT molecular complexity index is 522. The second-order valence-corrected chi connectivity index (χ2v) is 4.68. The summed E-state index contributed by atoms with van der Waals surface area (Å²) < 4.78 is 0. The van der Waals surface area contributed by atoms with Crippen LogP contribution in [0.4, 0.5) is 0 Å². The van der Waals surface area contributed by atoms with Crippen LogP contribution in [0.25, 0.3) is 10.8 Å². The first kappa shape index (κ1) is 11.1. The fourth-order valence-corrected chi connectivity index (χ4v) is 2.65. The zero-order chi connectivity index (χ0) is 11.4. The summed E-state index contributed by atoms with van der Waals surface area (Å²) in [5.41, 5.74) is 2.51. The van der Waals surface area contributed by atoms with Gasteiger partial charge in [-0.1, -0.05) is 23.8 Å². The third-order valence-corrected chi connectivity index (χ3v) is 3.51. The van der Waals surface area contributed by atoms with Gasteiger partial charge in [0.2, 0.25) is 0 Å². The topological polar surface area (TPSA) is 17.1 Å². The van der Waals surface area contributed by atoms with Crippen LogP contribution in [0.2, 0.25) is 0 Å². The molecule has 2 rings (SSSR count). The van der Waals surface area contributed by atoms with Crippen molar-refractivity contribution in [3.05, 3.63) is 46.2 Å². The summed E-state index contributed by atoms with van der Waals surface area (Å²) in [5, 5.41) is 7.04. The summed E-state index contributed by atoms with van der Waals surface area (Å²) in [7, 11) is 0. The Morgan fingerprint density at radius 3 is 3.06 bits per heavy atom. The van der Waals surface area contributed by atoms with Crippen LogP contribution in [0, 0.1) is 0 Å². The van der Waals surface area contributed by atoms with Crippen molar-refractivity contribution in [2.24, 2.45) is 0 Å². The molecule has 16 heavy (non-hydrogen) atoms. The quantitative estimate of drug-likeness (QED) is 0.573. The zero-order valence-corrected chi connectivity index (χ0v) is 10.1. The molecule has 1 heterocycles. The van der Waals surface area contributed by atoms with E-state index in [2.05, 4.69) is 29.0 Å². The molecule has 0 bridgehead atoms. The standard InChI is InChI=1S/C14H14OS/c1-11(7-8-15)5-6-12-3-2-4-13-9-16-10-14(12)13/h2-4,7-10H,5-6H2,1H3/b11-7+. The molecular weight excluding hydrogens is 216 g/mol. The van der Waals surface area contributed by atoms with E-state index in [4.69, 9.17) is 0 Å². The number of allylic oxidation sites excluding steroid dienone is 2. The Labute approximate surface area is 99.4 Å². The number of carbonyl (C=O) groups is 1. The molecule has 0 amide bonds. The first-order valence-corrected chi connectivity index (χ1v) is 6.30. The molecule has 0 saturated heterocycles. The number of carbonyl (C=O) groups excluding carboxylic acids is 1. The first-order chi connectivity index (χ1) is 7.81. The number of hydrogen-bond donors (Lipinski definition) is 0. The molecule has 0 N–H and O–H groups in total. The van der Waals surface area contributed by atoms with Gasteiger partial charge in [-0.2, -0.15) is 11.3 Å². The highest BCUT2D eigenvalue weighted by molar-refractivity contribution is 7.09. The van der Waals surface area contributed by atoms with E-state index in [1.807, 2.05) is 6.92 Å². The van der Waals surface area contributed by atoms with Gasteiger partial charge < -0.3 is 0 Å². The summed E-state index contributed by atoms with van der Waals surface area (Å²) in [5.74, 6) is 0. The summed E-state index contributed by atoms with van der Waals surface area (Å²) in [6.45, 7) is 2.00. The molecule has 0 saturated carbocycles. The molecule has 1 aromatic carbocycles. The van der Waals surface area contributed by atoms with Gasteiger partial charge in [-0.25, -0.2) is 0 Å². The second-order valence-electron chi connectivity index (χ2n) is 3.94. The Balaban J connectivity index is 2.18. The van der Waals surface area contributed by atoms with Crippen LogP contribution in [0.15, 0.2) is 40.6 Å². The van der Waals surface area contributed by atoms with E-state index in [-0.39, 0.29) is 0 Å². The van der Waals surface area contributed by atoms with E-state index in [0.29, 0.717) is 0 Å². The summed E-state index contributed by atoms with van der Waals surface area (Å²) in [6.07, 6.45) is 4.46. The van der Waals surface area contributed by atoms with E-state index >= 15 is 0 Å². The van der Waals surface area contributed by atoms with Gasteiger partial charge in [0.1, 0.15) is 6.29 Å². The molecule has 0 aliphatic rings. The van der Waals surface area contributed by atoms with Crippen LogP contribution >= 0.6 is 11.3 Å². The number of fused-ring (bicyclic) bond motifs is 1. The van der Waals surface area contributed by atoms with E-state index in [1.54, 1.807) is 17.4 Å². The molecule has 0 spiro atoms. The number of hydrogen-bond acceptors (Lipinski definition) is 2.